The lowest BCUT2D eigenvalue weighted by Gasteiger charge is -2.39. The normalized spacial score (nSPS) is 14.8. The van der Waals surface area contributed by atoms with E-state index < -0.39 is 0 Å². The Morgan fingerprint density at radius 3 is 2.41 bits per heavy atom. The van der Waals surface area contributed by atoms with Gasteiger partial charge in [-0.25, -0.2) is 19.3 Å². The van der Waals surface area contributed by atoms with E-state index in [1.165, 1.54) is 29.2 Å². The number of halogens is 1. The molecule has 1 aliphatic carbocycles. The number of nitrogens with one attached hydrogen (secondary N) is 1. The van der Waals surface area contributed by atoms with E-state index in [0.717, 1.165) is 33.3 Å². The molecule has 0 aliphatic heterocycles. The number of hydrogen-bond acceptors (Lipinski definition) is 3. The molecule has 6 rings (SSSR count). The van der Waals surface area contributed by atoms with Crippen molar-refractivity contribution in [2.24, 2.45) is 0 Å². The monoisotopic (exact) mass is 442 g/mol. The van der Waals surface area contributed by atoms with Crippen molar-refractivity contribution < 1.29 is 0 Å². The highest BCUT2D eigenvalue weighted by Crippen LogP contribution is 2.44. The van der Waals surface area contributed by atoms with Crippen molar-refractivity contribution in [3.63, 3.8) is 0 Å². The van der Waals surface area contributed by atoms with Crippen LogP contribution in [-0.2, 0) is 5.41 Å². The van der Waals surface area contributed by atoms with Crippen LogP contribution in [0.5, 0.6) is 0 Å². The van der Waals surface area contributed by atoms with Gasteiger partial charge in [0.25, 0.3) is 0 Å². The van der Waals surface area contributed by atoms with Crippen LogP contribution in [-0.4, -0.2) is 19.6 Å². The summed E-state index contributed by atoms with van der Waals surface area (Å²) in [5.41, 5.74) is 7.02. The molecule has 32 heavy (non-hydrogen) atoms. The average molecular weight is 443 g/mol. The average Bonchev–Trinajstić information content (AvgIpc) is 3.18. The summed E-state index contributed by atoms with van der Waals surface area (Å²) < 4.78 is 1.52. The van der Waals surface area contributed by atoms with Gasteiger partial charge in [-0.2, -0.15) is 5.10 Å². The van der Waals surface area contributed by atoms with Crippen LogP contribution in [0.4, 0.5) is 0 Å². The largest absolute Gasteiger partial charge is 0.347 e. The topological polar surface area (TPSA) is 63.1 Å². The molecule has 1 N–H and O–H groups in total. The second-order valence-electron chi connectivity index (χ2n) is 8.71. The summed E-state index contributed by atoms with van der Waals surface area (Å²) in [6.45, 7) is 2.35. The number of rotatable bonds is 3. The highest BCUT2D eigenvalue weighted by molar-refractivity contribution is 5.98. The first kappa shape index (κ1) is 20.5. The number of pyridine rings is 2. The zero-order chi connectivity index (χ0) is 21.0. The third kappa shape index (κ3) is 3.12. The third-order valence-electron chi connectivity index (χ3n) is 6.78. The zero-order valence-electron chi connectivity index (χ0n) is 17.7. The summed E-state index contributed by atoms with van der Waals surface area (Å²) >= 11 is 0. The van der Waals surface area contributed by atoms with Crippen molar-refractivity contribution >= 4 is 29.0 Å². The molecule has 0 amide bonds. The minimum Gasteiger partial charge on any atom is -0.250 e. The molecule has 5 nitrogen and oxygen atoms in total. The molecule has 0 saturated heterocycles. The Morgan fingerprint density at radius 2 is 1.72 bits per heavy atom. The molecule has 1 aliphatic rings. The predicted octanol–water partition coefficient (Wildman–Crippen LogP) is 5.77. The lowest BCUT2D eigenvalue weighted by atomic mass is 9.66. The number of hydrogen-bond donors (Lipinski definition) is 1. The molecule has 160 valence electrons. The molecular formula is C26H23ClN4O. The molecule has 0 spiro atoms. The molecule has 3 heterocycles. The van der Waals surface area contributed by atoms with Gasteiger partial charge < -0.3 is 0 Å². The Morgan fingerprint density at radius 1 is 0.969 bits per heavy atom. The first-order valence-corrected chi connectivity index (χ1v) is 10.7. The number of benzene rings is 2. The molecule has 1 saturated carbocycles. The van der Waals surface area contributed by atoms with E-state index in [-0.39, 0.29) is 18.1 Å². The summed E-state index contributed by atoms with van der Waals surface area (Å²) in [4.78, 5) is 17.1. The van der Waals surface area contributed by atoms with Gasteiger partial charge in [0.15, 0.2) is 5.65 Å². The van der Waals surface area contributed by atoms with Gasteiger partial charge in [0.1, 0.15) is 0 Å². The quantitative estimate of drug-likeness (QED) is 0.386. The van der Waals surface area contributed by atoms with Crippen LogP contribution in [0.2, 0.25) is 0 Å². The molecule has 0 radical (unpaired) electrons. The van der Waals surface area contributed by atoms with Crippen LogP contribution in [0.3, 0.4) is 0 Å². The van der Waals surface area contributed by atoms with Gasteiger partial charge >= 0.3 is 5.69 Å². The summed E-state index contributed by atoms with van der Waals surface area (Å²) in [7, 11) is 0. The standard InChI is InChI=1S/C26H22N4O.ClH/c1-26(13-5-14-26)19-10-8-18(9-11-19)23-20(17-6-3-2-4-7-17)16-21-22(27-23)12-15-30-24(21)28-29-25(30)31;/h2-4,6-12,15-16H,5,13-14H2,1H3,(H,29,31);1H. The summed E-state index contributed by atoms with van der Waals surface area (Å²) in [6, 6.07) is 23.1. The maximum absolute atomic E-state index is 12.0. The van der Waals surface area contributed by atoms with Crippen molar-refractivity contribution in [3.8, 4) is 22.4 Å². The van der Waals surface area contributed by atoms with Gasteiger partial charge in [0.05, 0.1) is 11.2 Å². The molecule has 2 aromatic carbocycles. The fraction of sp³-hybridized carbons (Fsp3) is 0.192. The number of H-pyrrole nitrogens is 1. The van der Waals surface area contributed by atoms with Crippen LogP contribution < -0.4 is 5.69 Å². The Balaban J connectivity index is 0.00000216. The maximum atomic E-state index is 12.0. The molecule has 0 atom stereocenters. The summed E-state index contributed by atoms with van der Waals surface area (Å²) in [5.74, 6) is 0. The third-order valence-corrected chi connectivity index (χ3v) is 6.78. The lowest BCUT2D eigenvalue weighted by Crippen LogP contribution is -2.30. The van der Waals surface area contributed by atoms with Crippen LogP contribution in [0.15, 0.2) is 77.7 Å². The SMILES string of the molecule is CC1(c2ccc(-c3nc4ccn5c(=O)[nH]nc5c4cc3-c3ccccc3)cc2)CCC1.Cl. The van der Waals surface area contributed by atoms with Crippen LogP contribution in [0.25, 0.3) is 38.9 Å². The van der Waals surface area contributed by atoms with Gasteiger partial charge in [-0.15, -0.1) is 12.4 Å². The maximum Gasteiger partial charge on any atom is 0.347 e. The Hall–Kier alpha value is -3.44. The van der Waals surface area contributed by atoms with E-state index in [0.29, 0.717) is 11.1 Å². The summed E-state index contributed by atoms with van der Waals surface area (Å²) in [6.07, 6.45) is 5.56. The Bertz CT molecular complexity index is 1480. The first-order chi connectivity index (χ1) is 15.1. The highest BCUT2D eigenvalue weighted by atomic mass is 35.5. The minimum atomic E-state index is -0.248. The number of fused-ring (bicyclic) bond motifs is 3. The van der Waals surface area contributed by atoms with E-state index in [9.17, 15) is 4.79 Å². The highest BCUT2D eigenvalue weighted by Gasteiger charge is 2.33. The van der Waals surface area contributed by atoms with Crippen molar-refractivity contribution in [2.75, 3.05) is 0 Å². The first-order valence-electron chi connectivity index (χ1n) is 10.7. The Kier molecular flexibility index (Phi) is 4.86. The smallest absolute Gasteiger partial charge is 0.250 e. The van der Waals surface area contributed by atoms with Crippen LogP contribution in [0.1, 0.15) is 31.7 Å². The molecule has 3 aromatic heterocycles. The van der Waals surface area contributed by atoms with Crippen molar-refractivity contribution in [3.05, 3.63) is 89.0 Å². The molecule has 5 aromatic rings. The second kappa shape index (κ2) is 7.61. The Labute approximate surface area is 191 Å². The molecule has 6 heteroatoms. The second-order valence-corrected chi connectivity index (χ2v) is 8.71. The molecular weight excluding hydrogens is 420 g/mol. The van der Waals surface area contributed by atoms with Gasteiger partial charge in [0, 0.05) is 22.7 Å². The zero-order valence-corrected chi connectivity index (χ0v) is 18.5. The van der Waals surface area contributed by atoms with E-state index >= 15 is 0 Å². The lowest BCUT2D eigenvalue weighted by molar-refractivity contribution is 0.272. The van der Waals surface area contributed by atoms with Crippen molar-refractivity contribution in [1.82, 2.24) is 19.6 Å². The van der Waals surface area contributed by atoms with Crippen molar-refractivity contribution in [1.29, 1.82) is 0 Å². The van der Waals surface area contributed by atoms with Crippen molar-refractivity contribution in [2.45, 2.75) is 31.6 Å². The van der Waals surface area contributed by atoms with Crippen LogP contribution >= 0.6 is 12.4 Å². The van der Waals surface area contributed by atoms with E-state index in [4.69, 9.17) is 4.98 Å². The molecule has 0 bridgehead atoms. The fourth-order valence-electron chi connectivity index (χ4n) is 4.70. The predicted molar refractivity (Wildman–Crippen MR) is 130 cm³/mol. The van der Waals surface area contributed by atoms with Gasteiger partial charge in [-0.05, 0) is 41.5 Å². The molecule has 0 unspecified atom stereocenters. The van der Waals surface area contributed by atoms with Gasteiger partial charge in [-0.3, -0.25) is 0 Å². The fourth-order valence-corrected chi connectivity index (χ4v) is 4.70. The van der Waals surface area contributed by atoms with E-state index in [1.807, 2.05) is 24.3 Å². The van der Waals surface area contributed by atoms with E-state index in [1.54, 1.807) is 6.20 Å². The van der Waals surface area contributed by atoms with Crippen LogP contribution in [0, 0.1) is 0 Å². The minimum absolute atomic E-state index is 0. The number of aromatic amines is 1. The van der Waals surface area contributed by atoms with Gasteiger partial charge in [-0.1, -0.05) is 67.9 Å². The van der Waals surface area contributed by atoms with E-state index in [2.05, 4.69) is 59.6 Å². The molecule has 1 fully saturated rings. The van der Waals surface area contributed by atoms with Gasteiger partial charge in [0.2, 0.25) is 0 Å². The summed E-state index contributed by atoms with van der Waals surface area (Å²) in [5, 5.41) is 7.61. The number of nitrogens with zero attached hydrogens (tertiary/aromatic N) is 3. The number of aromatic nitrogens is 4.